The van der Waals surface area contributed by atoms with E-state index in [1.165, 1.54) is 0 Å². The van der Waals surface area contributed by atoms with Crippen LogP contribution in [0.25, 0.3) is 0 Å². The third kappa shape index (κ3) is 2.84. The number of nitriles is 1. The van der Waals surface area contributed by atoms with Crippen molar-refractivity contribution in [3.05, 3.63) is 34.9 Å². The third-order valence-corrected chi connectivity index (χ3v) is 2.37. The van der Waals surface area contributed by atoms with E-state index >= 15 is 0 Å². The quantitative estimate of drug-likeness (QED) is 0.552. The molecule has 0 bridgehead atoms. The van der Waals surface area contributed by atoms with Gasteiger partial charge in [-0.15, -0.1) is 0 Å². The van der Waals surface area contributed by atoms with Gasteiger partial charge in [-0.05, 0) is 18.1 Å². The molecule has 3 nitrogen and oxygen atoms in total. The normalized spacial score (nSPS) is 9.50. The number of rotatable bonds is 4. The highest BCUT2D eigenvalue weighted by atomic mass is 27.2. The predicted octanol–water partition coefficient (Wildman–Crippen LogP) is 1.56. The molecule has 0 unspecified atom stereocenters. The van der Waals surface area contributed by atoms with Crippen molar-refractivity contribution in [1.82, 2.24) is 0 Å². The molecule has 0 saturated carbocycles. The monoisotopic (exact) mass is 204 g/mol. The van der Waals surface area contributed by atoms with Crippen molar-refractivity contribution in [2.45, 2.75) is 13.5 Å². The fourth-order valence-corrected chi connectivity index (χ4v) is 1.58. The van der Waals surface area contributed by atoms with E-state index in [0.29, 0.717) is 12.2 Å². The van der Waals surface area contributed by atoms with Gasteiger partial charge in [0, 0.05) is 13.7 Å². The molecule has 0 N–H and O–H groups in total. The minimum Gasteiger partial charge on any atom is -0.486 e. The van der Waals surface area contributed by atoms with Crippen molar-refractivity contribution in [2.75, 3.05) is 7.11 Å². The summed E-state index contributed by atoms with van der Waals surface area (Å²) < 4.78 is 10.1. The lowest BCUT2D eigenvalue weighted by atomic mass is 10.0. The summed E-state index contributed by atoms with van der Waals surface area (Å²) >= 11 is -0.421. The van der Waals surface area contributed by atoms with E-state index in [4.69, 9.17) is 12.8 Å². The van der Waals surface area contributed by atoms with Gasteiger partial charge in [-0.3, -0.25) is 0 Å². The van der Waals surface area contributed by atoms with Gasteiger partial charge in [-0.2, -0.15) is 5.26 Å². The molecule has 1 rings (SSSR count). The fraction of sp³-hybridized carbons (Fsp3) is 0.300. The molecule has 0 aliphatic carbocycles. The molecular formula is C10H11AlNO2. The molecule has 1 radical (unpaired) electrons. The molecule has 4 heteroatoms. The molecule has 0 amide bonds. The molecule has 71 valence electrons. The lowest BCUT2D eigenvalue weighted by Crippen LogP contribution is -2.03. The maximum Gasteiger partial charge on any atom is 0.668 e. The molecule has 0 aliphatic rings. The van der Waals surface area contributed by atoms with Gasteiger partial charge in [-0.1, -0.05) is 18.2 Å². The van der Waals surface area contributed by atoms with Crippen LogP contribution in [0.1, 0.15) is 16.7 Å². The van der Waals surface area contributed by atoms with E-state index in [1.807, 2.05) is 25.1 Å². The largest absolute Gasteiger partial charge is 0.668 e. The number of hydrogen-bond donors (Lipinski definition) is 0. The van der Waals surface area contributed by atoms with Crippen molar-refractivity contribution in [3.8, 4) is 6.07 Å². The number of aryl methyl sites for hydroxylation is 1. The van der Waals surface area contributed by atoms with E-state index in [1.54, 1.807) is 7.11 Å². The highest BCUT2D eigenvalue weighted by molar-refractivity contribution is 6.17. The summed E-state index contributed by atoms with van der Waals surface area (Å²) in [4.78, 5) is 0. The average molecular weight is 204 g/mol. The predicted molar refractivity (Wildman–Crippen MR) is 53.4 cm³/mol. The van der Waals surface area contributed by atoms with Gasteiger partial charge in [0.05, 0.1) is 11.6 Å². The first-order valence-electron chi connectivity index (χ1n) is 4.24. The van der Waals surface area contributed by atoms with Crippen LogP contribution in [-0.2, 0) is 14.2 Å². The SMILES string of the molecule is C[O][Al][O]Cc1cccc(C)c1C#N. The van der Waals surface area contributed by atoms with Crippen molar-refractivity contribution < 1.29 is 7.58 Å². The Labute approximate surface area is 90.6 Å². The minimum atomic E-state index is -0.421. The van der Waals surface area contributed by atoms with Gasteiger partial charge in [-0.25, -0.2) is 0 Å². The van der Waals surface area contributed by atoms with E-state index in [0.717, 1.165) is 11.1 Å². The van der Waals surface area contributed by atoms with Crippen molar-refractivity contribution in [1.29, 1.82) is 5.26 Å². The molecule has 0 aliphatic heterocycles. The van der Waals surface area contributed by atoms with Crippen LogP contribution >= 0.6 is 0 Å². The number of benzene rings is 1. The van der Waals surface area contributed by atoms with Crippen LogP contribution in [0, 0.1) is 18.3 Å². The zero-order valence-corrected chi connectivity index (χ0v) is 9.43. The third-order valence-electron chi connectivity index (χ3n) is 1.87. The maximum atomic E-state index is 8.93. The summed E-state index contributed by atoms with van der Waals surface area (Å²) in [6.45, 7) is 2.37. The summed E-state index contributed by atoms with van der Waals surface area (Å²) in [6, 6.07) is 7.93. The highest BCUT2D eigenvalue weighted by Crippen LogP contribution is 2.13. The molecule has 0 fully saturated rings. The smallest absolute Gasteiger partial charge is 0.486 e. The van der Waals surface area contributed by atoms with Crippen LogP contribution in [-0.4, -0.2) is 23.0 Å². The average Bonchev–Trinajstić information content (AvgIpc) is 2.18. The Balaban J connectivity index is 2.76. The van der Waals surface area contributed by atoms with E-state index in [9.17, 15) is 0 Å². The van der Waals surface area contributed by atoms with Crippen molar-refractivity contribution in [2.24, 2.45) is 0 Å². The molecule has 0 heterocycles. The summed E-state index contributed by atoms with van der Waals surface area (Å²) in [6.07, 6.45) is 0. The van der Waals surface area contributed by atoms with Crippen LogP contribution in [0.15, 0.2) is 18.2 Å². The first-order valence-corrected chi connectivity index (χ1v) is 5.18. The van der Waals surface area contributed by atoms with Crippen LogP contribution in [0.5, 0.6) is 0 Å². The highest BCUT2D eigenvalue weighted by Gasteiger charge is 2.05. The summed E-state index contributed by atoms with van der Waals surface area (Å²) in [5.41, 5.74) is 2.63. The minimum absolute atomic E-state index is 0.421. The summed E-state index contributed by atoms with van der Waals surface area (Å²) in [5, 5.41) is 8.93. The topological polar surface area (TPSA) is 42.2 Å². The summed E-state index contributed by atoms with van der Waals surface area (Å²) in [5.74, 6) is 0. The Morgan fingerprint density at radius 2 is 2.29 bits per heavy atom. The maximum absolute atomic E-state index is 8.93. The molecule has 0 atom stereocenters. The molecule has 14 heavy (non-hydrogen) atoms. The molecule has 0 saturated heterocycles. The Bertz CT molecular complexity index is 346. The molecular weight excluding hydrogens is 193 g/mol. The lowest BCUT2D eigenvalue weighted by Gasteiger charge is -2.06. The molecule has 0 aromatic heterocycles. The second kappa shape index (κ2) is 5.80. The zero-order chi connectivity index (χ0) is 10.4. The van der Waals surface area contributed by atoms with Crippen LogP contribution in [0.4, 0.5) is 0 Å². The molecule has 1 aromatic rings. The second-order valence-electron chi connectivity index (χ2n) is 2.86. The van der Waals surface area contributed by atoms with Crippen molar-refractivity contribution >= 4 is 15.9 Å². The van der Waals surface area contributed by atoms with Gasteiger partial charge >= 0.3 is 15.9 Å². The molecule has 1 aromatic carbocycles. The Morgan fingerprint density at radius 1 is 1.50 bits per heavy atom. The Kier molecular flexibility index (Phi) is 4.66. The number of hydrogen-bond acceptors (Lipinski definition) is 3. The van der Waals surface area contributed by atoms with Crippen LogP contribution in [0.3, 0.4) is 0 Å². The standard InChI is InChI=1S/C9H8NO.CH3O.Al/c1-7-3-2-4-8(6-11)9(7)5-10;1-2;/h2-4H,6H2,1H3;1H3;/q2*-1;+2. The first kappa shape index (κ1) is 11.2. The second-order valence-corrected chi connectivity index (χ2v) is 3.86. The van der Waals surface area contributed by atoms with E-state index in [2.05, 4.69) is 6.07 Å². The molecule has 0 spiro atoms. The fourth-order valence-electron chi connectivity index (χ4n) is 1.20. The first-order chi connectivity index (χ1) is 6.79. The van der Waals surface area contributed by atoms with Gasteiger partial charge < -0.3 is 7.58 Å². The Hall–Kier alpha value is -0.838. The zero-order valence-electron chi connectivity index (χ0n) is 8.28. The van der Waals surface area contributed by atoms with Gasteiger partial charge in [0.2, 0.25) is 0 Å². The summed E-state index contributed by atoms with van der Waals surface area (Å²) in [7, 11) is 1.61. The van der Waals surface area contributed by atoms with E-state index < -0.39 is 15.9 Å². The van der Waals surface area contributed by atoms with Gasteiger partial charge in [0.15, 0.2) is 0 Å². The Morgan fingerprint density at radius 3 is 2.93 bits per heavy atom. The number of nitrogens with zero attached hydrogens (tertiary/aromatic N) is 1. The van der Waals surface area contributed by atoms with E-state index in [-0.39, 0.29) is 0 Å². The van der Waals surface area contributed by atoms with Crippen molar-refractivity contribution in [3.63, 3.8) is 0 Å². The van der Waals surface area contributed by atoms with Gasteiger partial charge in [0.1, 0.15) is 0 Å². The van der Waals surface area contributed by atoms with Crippen LogP contribution in [0.2, 0.25) is 0 Å². The lowest BCUT2D eigenvalue weighted by molar-refractivity contribution is 0.246. The van der Waals surface area contributed by atoms with Crippen LogP contribution < -0.4 is 0 Å². The van der Waals surface area contributed by atoms with Gasteiger partial charge in [0.25, 0.3) is 0 Å².